The number of hydrogen-bond acceptors (Lipinski definition) is 3. The number of nitrogens with one attached hydrogen (secondary N) is 3. The Kier molecular flexibility index (Phi) is 2.85. The lowest BCUT2D eigenvalue weighted by molar-refractivity contribution is -0.118. The molecule has 3 N–H and O–H groups in total. The van der Waals surface area contributed by atoms with Crippen LogP contribution in [0.2, 0.25) is 0 Å². The molecule has 0 fully saturated rings. The maximum Gasteiger partial charge on any atom is 0.325 e. The fourth-order valence-electron chi connectivity index (χ4n) is 0.780. The van der Waals surface area contributed by atoms with Crippen molar-refractivity contribution in [1.82, 2.24) is 9.97 Å². The summed E-state index contributed by atoms with van der Waals surface area (Å²) in [4.78, 5) is 37.2. The lowest BCUT2D eigenvalue weighted by Crippen LogP contribution is -2.28. The molecule has 6 heteroatoms. The Morgan fingerprint density at radius 2 is 2.07 bits per heavy atom. The standard InChI is InChI=1S/C8H11N3O3/c1-4(2)6(12)10-5-3-9-8(14)11-7(5)13/h3-4H,1-2H3,(H,10,12)(H2,9,11,13,14). The van der Waals surface area contributed by atoms with Crippen molar-refractivity contribution in [3.8, 4) is 0 Å². The molecule has 0 aliphatic carbocycles. The highest BCUT2D eigenvalue weighted by Crippen LogP contribution is 1.98. The van der Waals surface area contributed by atoms with Crippen LogP contribution in [-0.2, 0) is 4.79 Å². The normalized spacial score (nSPS) is 10.2. The number of rotatable bonds is 2. The van der Waals surface area contributed by atoms with Gasteiger partial charge in [0.1, 0.15) is 5.69 Å². The van der Waals surface area contributed by atoms with E-state index in [-0.39, 0.29) is 17.5 Å². The van der Waals surface area contributed by atoms with Gasteiger partial charge in [-0.05, 0) is 0 Å². The van der Waals surface area contributed by atoms with Crippen molar-refractivity contribution in [3.63, 3.8) is 0 Å². The van der Waals surface area contributed by atoms with Crippen molar-refractivity contribution in [2.24, 2.45) is 5.92 Å². The van der Waals surface area contributed by atoms with Gasteiger partial charge in [-0.2, -0.15) is 0 Å². The summed E-state index contributed by atoms with van der Waals surface area (Å²) in [5.41, 5.74) is -1.16. The predicted molar refractivity (Wildman–Crippen MR) is 51.2 cm³/mol. The minimum Gasteiger partial charge on any atom is -0.320 e. The van der Waals surface area contributed by atoms with Crippen LogP contribution >= 0.6 is 0 Å². The van der Waals surface area contributed by atoms with Crippen molar-refractivity contribution in [2.45, 2.75) is 13.8 Å². The molecule has 6 nitrogen and oxygen atoms in total. The number of anilines is 1. The lowest BCUT2D eigenvalue weighted by Gasteiger charge is -2.05. The van der Waals surface area contributed by atoms with Crippen LogP contribution in [0.4, 0.5) is 5.69 Å². The van der Waals surface area contributed by atoms with Crippen LogP contribution in [-0.4, -0.2) is 15.9 Å². The largest absolute Gasteiger partial charge is 0.325 e. The van der Waals surface area contributed by atoms with Gasteiger partial charge in [0.25, 0.3) is 5.56 Å². The second kappa shape index (κ2) is 3.91. The second-order valence-electron chi connectivity index (χ2n) is 3.13. The van der Waals surface area contributed by atoms with Crippen molar-refractivity contribution in [3.05, 3.63) is 27.0 Å². The molecular weight excluding hydrogens is 186 g/mol. The van der Waals surface area contributed by atoms with Crippen LogP contribution in [0.5, 0.6) is 0 Å². The molecule has 0 saturated heterocycles. The van der Waals surface area contributed by atoms with Crippen LogP contribution in [0.25, 0.3) is 0 Å². The first-order valence-electron chi connectivity index (χ1n) is 4.13. The van der Waals surface area contributed by atoms with Gasteiger partial charge in [0.05, 0.1) is 0 Å². The van der Waals surface area contributed by atoms with Gasteiger partial charge in [-0.25, -0.2) is 4.79 Å². The molecule has 76 valence electrons. The Labute approximate surface area is 79.4 Å². The van der Waals surface area contributed by atoms with E-state index in [1.54, 1.807) is 13.8 Å². The Morgan fingerprint density at radius 3 is 2.57 bits per heavy atom. The molecule has 0 radical (unpaired) electrons. The van der Waals surface area contributed by atoms with Crippen LogP contribution in [0.3, 0.4) is 0 Å². The van der Waals surface area contributed by atoms with E-state index in [1.807, 2.05) is 4.98 Å². The molecule has 0 aromatic carbocycles. The molecule has 0 unspecified atom stereocenters. The zero-order valence-electron chi connectivity index (χ0n) is 7.88. The van der Waals surface area contributed by atoms with Crippen LogP contribution in [0, 0.1) is 5.92 Å². The highest BCUT2D eigenvalue weighted by atomic mass is 16.2. The lowest BCUT2D eigenvalue weighted by atomic mass is 10.2. The highest BCUT2D eigenvalue weighted by molar-refractivity contribution is 5.91. The van der Waals surface area contributed by atoms with Crippen molar-refractivity contribution in [2.75, 3.05) is 5.32 Å². The predicted octanol–water partition coefficient (Wildman–Crippen LogP) is -0.342. The molecule has 1 amide bonds. The van der Waals surface area contributed by atoms with Crippen LogP contribution < -0.4 is 16.6 Å². The second-order valence-corrected chi connectivity index (χ2v) is 3.13. The third-order valence-corrected chi connectivity index (χ3v) is 1.60. The van der Waals surface area contributed by atoms with Gasteiger partial charge in [-0.15, -0.1) is 0 Å². The summed E-state index contributed by atoms with van der Waals surface area (Å²) in [6, 6.07) is 0. The summed E-state index contributed by atoms with van der Waals surface area (Å²) < 4.78 is 0. The Morgan fingerprint density at radius 1 is 1.43 bits per heavy atom. The van der Waals surface area contributed by atoms with Gasteiger partial charge >= 0.3 is 5.69 Å². The van der Waals surface area contributed by atoms with Crippen LogP contribution in [0.15, 0.2) is 15.8 Å². The van der Waals surface area contributed by atoms with E-state index >= 15 is 0 Å². The van der Waals surface area contributed by atoms with Gasteiger partial charge in [-0.1, -0.05) is 13.8 Å². The summed E-state index contributed by atoms with van der Waals surface area (Å²) in [6.45, 7) is 3.41. The van der Waals surface area contributed by atoms with E-state index in [4.69, 9.17) is 0 Å². The summed E-state index contributed by atoms with van der Waals surface area (Å²) in [5.74, 6) is -0.496. The van der Waals surface area contributed by atoms with E-state index in [0.29, 0.717) is 0 Å². The van der Waals surface area contributed by atoms with E-state index in [2.05, 4.69) is 10.3 Å². The zero-order chi connectivity index (χ0) is 10.7. The van der Waals surface area contributed by atoms with Gasteiger partial charge < -0.3 is 10.3 Å². The van der Waals surface area contributed by atoms with E-state index in [0.717, 1.165) is 0 Å². The molecule has 1 aromatic heterocycles. The van der Waals surface area contributed by atoms with E-state index in [9.17, 15) is 14.4 Å². The zero-order valence-corrected chi connectivity index (χ0v) is 7.88. The highest BCUT2D eigenvalue weighted by Gasteiger charge is 2.09. The van der Waals surface area contributed by atoms with Crippen molar-refractivity contribution in [1.29, 1.82) is 0 Å². The minimum absolute atomic E-state index is 0.0447. The quantitative estimate of drug-likeness (QED) is 0.605. The third kappa shape index (κ3) is 2.32. The van der Waals surface area contributed by atoms with E-state index < -0.39 is 11.2 Å². The van der Waals surface area contributed by atoms with Gasteiger partial charge in [0.15, 0.2) is 0 Å². The molecule has 0 aliphatic rings. The van der Waals surface area contributed by atoms with Crippen LogP contribution in [0.1, 0.15) is 13.8 Å². The molecule has 14 heavy (non-hydrogen) atoms. The summed E-state index contributed by atoms with van der Waals surface area (Å²) in [5, 5.41) is 2.38. The summed E-state index contributed by atoms with van der Waals surface area (Å²) in [6.07, 6.45) is 1.17. The summed E-state index contributed by atoms with van der Waals surface area (Å²) >= 11 is 0. The molecule has 0 bridgehead atoms. The molecule has 1 aromatic rings. The molecule has 1 rings (SSSR count). The maximum absolute atomic E-state index is 11.2. The molecule has 0 atom stereocenters. The van der Waals surface area contributed by atoms with Gasteiger partial charge in [0.2, 0.25) is 5.91 Å². The minimum atomic E-state index is -0.609. The molecule has 0 aliphatic heterocycles. The number of aromatic amines is 2. The molecular formula is C8H11N3O3. The molecule has 0 saturated carbocycles. The number of hydrogen-bond donors (Lipinski definition) is 3. The van der Waals surface area contributed by atoms with Crippen molar-refractivity contribution < 1.29 is 4.79 Å². The van der Waals surface area contributed by atoms with Gasteiger partial charge in [0, 0.05) is 12.1 Å². The smallest absolute Gasteiger partial charge is 0.320 e. The van der Waals surface area contributed by atoms with Crippen molar-refractivity contribution >= 4 is 11.6 Å². The fraction of sp³-hybridized carbons (Fsp3) is 0.375. The average Bonchev–Trinajstić information content (AvgIpc) is 2.09. The number of H-pyrrole nitrogens is 2. The summed E-state index contributed by atoms with van der Waals surface area (Å²) in [7, 11) is 0. The number of carbonyl (C=O) groups excluding carboxylic acids is 1. The van der Waals surface area contributed by atoms with Gasteiger partial charge in [-0.3, -0.25) is 14.6 Å². The fourth-order valence-corrected chi connectivity index (χ4v) is 0.780. The Hall–Kier alpha value is -1.85. The molecule has 1 heterocycles. The maximum atomic E-state index is 11.2. The third-order valence-electron chi connectivity index (χ3n) is 1.60. The topological polar surface area (TPSA) is 94.8 Å². The number of carbonyl (C=O) groups is 1. The number of aromatic nitrogens is 2. The number of amides is 1. The average molecular weight is 197 g/mol. The monoisotopic (exact) mass is 197 g/mol. The first kappa shape index (κ1) is 10.2. The first-order chi connectivity index (χ1) is 6.50. The SMILES string of the molecule is CC(C)C(=O)Nc1c[nH]c(=O)[nH]c1=O. The van der Waals surface area contributed by atoms with E-state index in [1.165, 1.54) is 6.20 Å². The Bertz CT molecular complexity index is 444. The first-order valence-corrected chi connectivity index (χ1v) is 4.13. The molecule has 0 spiro atoms. The Balaban J connectivity index is 2.94.